The van der Waals surface area contributed by atoms with E-state index in [0.717, 1.165) is 0 Å². The van der Waals surface area contributed by atoms with Gasteiger partial charge in [0.2, 0.25) is 0 Å². The van der Waals surface area contributed by atoms with Crippen molar-refractivity contribution in [1.29, 1.82) is 0 Å². The summed E-state index contributed by atoms with van der Waals surface area (Å²) in [7, 11) is 0. The molecule has 0 radical (unpaired) electrons. The SMILES string of the molecule is [2H]C1([2H])CN2C[C@H](F)C[C@]2(COC(C)(C)C)C1. The first-order valence-corrected chi connectivity index (χ1v) is 5.65. The fraction of sp³-hybridized carbons (Fsp3) is 1.00. The van der Waals surface area contributed by atoms with Gasteiger partial charge in [0.25, 0.3) is 0 Å². The fourth-order valence-electron chi connectivity index (χ4n) is 2.43. The molecule has 2 aliphatic heterocycles. The molecule has 15 heavy (non-hydrogen) atoms. The minimum Gasteiger partial charge on any atom is -0.374 e. The third-order valence-corrected chi connectivity index (χ3v) is 3.22. The molecule has 88 valence electrons. The molecule has 0 spiro atoms. The Bertz CT molecular complexity index is 305. The monoisotopic (exact) mass is 217 g/mol. The Balaban J connectivity index is 2.09. The molecule has 0 unspecified atom stereocenters. The Morgan fingerprint density at radius 1 is 1.60 bits per heavy atom. The molecule has 0 aromatic heterocycles. The summed E-state index contributed by atoms with van der Waals surface area (Å²) in [5, 5.41) is 0. The van der Waals surface area contributed by atoms with Gasteiger partial charge in [-0.25, -0.2) is 4.39 Å². The predicted molar refractivity (Wildman–Crippen MR) is 58.8 cm³/mol. The van der Waals surface area contributed by atoms with E-state index in [0.29, 0.717) is 32.5 Å². The lowest BCUT2D eigenvalue weighted by atomic mass is 9.94. The number of rotatable bonds is 2. The molecule has 0 aliphatic carbocycles. The van der Waals surface area contributed by atoms with Crippen LogP contribution in [0, 0.1) is 0 Å². The van der Waals surface area contributed by atoms with Crippen molar-refractivity contribution in [1.82, 2.24) is 4.90 Å². The Hall–Kier alpha value is -0.150. The Morgan fingerprint density at radius 3 is 3.00 bits per heavy atom. The number of halogens is 1. The highest BCUT2D eigenvalue weighted by Gasteiger charge is 2.49. The van der Waals surface area contributed by atoms with Gasteiger partial charge in [0.15, 0.2) is 0 Å². The molecule has 2 heterocycles. The first-order valence-electron chi connectivity index (χ1n) is 6.65. The van der Waals surface area contributed by atoms with E-state index in [1.165, 1.54) is 0 Å². The van der Waals surface area contributed by atoms with Crippen molar-refractivity contribution in [2.24, 2.45) is 0 Å². The zero-order valence-corrected chi connectivity index (χ0v) is 9.85. The molecule has 0 aromatic rings. The predicted octanol–water partition coefficient (Wildman–Crippen LogP) is 2.38. The van der Waals surface area contributed by atoms with Gasteiger partial charge in [-0.3, -0.25) is 4.90 Å². The molecule has 2 fully saturated rings. The van der Waals surface area contributed by atoms with Gasteiger partial charge in [0, 0.05) is 21.2 Å². The normalized spacial score (nSPS) is 42.5. The Labute approximate surface area is 94.6 Å². The van der Waals surface area contributed by atoms with E-state index in [1.807, 2.05) is 25.7 Å². The quantitative estimate of drug-likeness (QED) is 0.704. The third kappa shape index (κ3) is 2.34. The van der Waals surface area contributed by atoms with E-state index in [9.17, 15) is 4.39 Å². The lowest BCUT2D eigenvalue weighted by molar-refractivity contribution is -0.0525. The highest BCUT2D eigenvalue weighted by molar-refractivity contribution is 5.03. The van der Waals surface area contributed by atoms with Gasteiger partial charge in [-0.05, 0) is 40.1 Å². The van der Waals surface area contributed by atoms with Crippen molar-refractivity contribution in [2.75, 3.05) is 19.7 Å². The van der Waals surface area contributed by atoms with Crippen LogP contribution in [0.5, 0.6) is 0 Å². The number of hydrogen-bond acceptors (Lipinski definition) is 2. The van der Waals surface area contributed by atoms with Crippen LogP contribution in [0.15, 0.2) is 0 Å². The zero-order valence-electron chi connectivity index (χ0n) is 11.8. The van der Waals surface area contributed by atoms with Crippen molar-refractivity contribution in [2.45, 2.75) is 57.3 Å². The minimum atomic E-state index is -1.21. The summed E-state index contributed by atoms with van der Waals surface area (Å²) in [5.41, 5.74) is -0.680. The number of alkyl halides is 1. The molecule has 2 rings (SSSR count). The molecule has 0 aromatic carbocycles. The molecule has 2 atom stereocenters. The van der Waals surface area contributed by atoms with Gasteiger partial charge < -0.3 is 4.74 Å². The second kappa shape index (κ2) is 3.70. The summed E-state index contributed by atoms with van der Waals surface area (Å²) in [6.45, 7) is 7.03. The highest BCUT2D eigenvalue weighted by atomic mass is 19.1. The smallest absolute Gasteiger partial charge is 0.115 e. The topological polar surface area (TPSA) is 12.5 Å². The van der Waals surface area contributed by atoms with E-state index in [4.69, 9.17) is 7.48 Å². The van der Waals surface area contributed by atoms with E-state index in [-0.39, 0.29) is 5.60 Å². The average Bonchev–Trinajstić information content (AvgIpc) is 2.48. The van der Waals surface area contributed by atoms with Crippen molar-refractivity contribution in [3.8, 4) is 0 Å². The lowest BCUT2D eigenvalue weighted by Gasteiger charge is -2.34. The van der Waals surface area contributed by atoms with Gasteiger partial charge in [-0.15, -0.1) is 0 Å². The van der Waals surface area contributed by atoms with Gasteiger partial charge in [0.1, 0.15) is 6.17 Å². The molecular formula is C12H22FNO. The second-order valence-electron chi connectivity index (χ2n) is 5.73. The Morgan fingerprint density at radius 2 is 2.33 bits per heavy atom. The van der Waals surface area contributed by atoms with Gasteiger partial charge >= 0.3 is 0 Å². The molecule has 2 aliphatic rings. The molecule has 0 amide bonds. The summed E-state index contributed by atoms with van der Waals surface area (Å²) >= 11 is 0. The van der Waals surface area contributed by atoms with E-state index in [2.05, 4.69) is 0 Å². The average molecular weight is 217 g/mol. The molecular weight excluding hydrogens is 193 g/mol. The summed E-state index contributed by atoms with van der Waals surface area (Å²) in [5.74, 6) is 0. The van der Waals surface area contributed by atoms with Crippen LogP contribution in [0.3, 0.4) is 0 Å². The van der Waals surface area contributed by atoms with Crippen LogP contribution in [0.1, 0.15) is 42.7 Å². The molecule has 2 nitrogen and oxygen atoms in total. The van der Waals surface area contributed by atoms with Gasteiger partial charge in [-0.2, -0.15) is 0 Å². The minimum absolute atomic E-state index is 0.260. The third-order valence-electron chi connectivity index (χ3n) is 3.22. The van der Waals surface area contributed by atoms with Crippen molar-refractivity contribution in [3.63, 3.8) is 0 Å². The van der Waals surface area contributed by atoms with Crippen molar-refractivity contribution in [3.05, 3.63) is 0 Å². The van der Waals surface area contributed by atoms with Crippen molar-refractivity contribution >= 4 is 0 Å². The van der Waals surface area contributed by atoms with Crippen LogP contribution in [-0.2, 0) is 4.74 Å². The molecule has 0 N–H and O–H groups in total. The van der Waals surface area contributed by atoms with Gasteiger partial charge in [0.05, 0.1) is 12.2 Å². The number of fused-ring (bicyclic) bond motifs is 1. The maximum atomic E-state index is 13.5. The van der Waals surface area contributed by atoms with Crippen LogP contribution in [0.2, 0.25) is 0 Å². The largest absolute Gasteiger partial charge is 0.374 e. The van der Waals surface area contributed by atoms with Gasteiger partial charge in [-0.1, -0.05) is 0 Å². The highest BCUT2D eigenvalue weighted by Crippen LogP contribution is 2.40. The summed E-state index contributed by atoms with van der Waals surface area (Å²) < 4.78 is 35.0. The first-order chi connectivity index (χ1) is 7.62. The van der Waals surface area contributed by atoms with Crippen LogP contribution < -0.4 is 0 Å². The van der Waals surface area contributed by atoms with Crippen molar-refractivity contribution < 1.29 is 11.9 Å². The van der Waals surface area contributed by atoms with Crippen LogP contribution in [0.4, 0.5) is 4.39 Å². The van der Waals surface area contributed by atoms with E-state index in [1.54, 1.807) is 0 Å². The molecule has 0 saturated carbocycles. The number of nitrogens with zero attached hydrogens (tertiary/aromatic N) is 1. The second-order valence-corrected chi connectivity index (χ2v) is 5.73. The fourth-order valence-corrected chi connectivity index (χ4v) is 2.43. The summed E-state index contributed by atoms with van der Waals surface area (Å²) in [4.78, 5) is 1.95. The Kier molecular flexibility index (Phi) is 2.21. The number of hydrogen-bond donors (Lipinski definition) is 0. The van der Waals surface area contributed by atoms with E-state index >= 15 is 0 Å². The first kappa shape index (κ1) is 8.94. The maximum absolute atomic E-state index is 13.5. The maximum Gasteiger partial charge on any atom is 0.115 e. The molecule has 2 saturated heterocycles. The lowest BCUT2D eigenvalue weighted by Crippen LogP contribution is -2.44. The van der Waals surface area contributed by atoms with Crippen LogP contribution in [0.25, 0.3) is 0 Å². The van der Waals surface area contributed by atoms with E-state index < -0.39 is 18.1 Å². The molecule has 3 heteroatoms. The van der Waals surface area contributed by atoms with Crippen LogP contribution >= 0.6 is 0 Å². The summed E-state index contributed by atoms with van der Waals surface area (Å²) in [6.07, 6.45) is -1.25. The van der Waals surface area contributed by atoms with Crippen LogP contribution in [-0.4, -0.2) is 41.9 Å². The summed E-state index contributed by atoms with van der Waals surface area (Å²) in [6, 6.07) is 0. The molecule has 0 bridgehead atoms. The number of ether oxygens (including phenoxy) is 1. The standard InChI is InChI=1S/C12H22FNO/c1-11(2,3)15-9-12-5-4-6-14(12)8-10(13)7-12/h10H,4-9H2,1-3H3/t10-,12+/m1/s1/i4D2. The zero-order chi connectivity index (χ0) is 12.9.